The first-order valence-electron chi connectivity index (χ1n) is 4.53. The fourth-order valence-electron chi connectivity index (χ4n) is 1.11. The summed E-state index contributed by atoms with van der Waals surface area (Å²) in [6.45, 7) is 0. The molecule has 0 aliphatic rings. The maximum absolute atomic E-state index is 11.5. The summed E-state index contributed by atoms with van der Waals surface area (Å²) in [7, 11) is 0. The molecule has 2 aromatic rings. The van der Waals surface area contributed by atoms with Crippen LogP contribution in [0.25, 0.3) is 0 Å². The molecule has 2 rings (SSSR count). The molecule has 82 valence electrons. The van der Waals surface area contributed by atoms with E-state index in [4.69, 9.17) is 16.5 Å². The third kappa shape index (κ3) is 2.55. The van der Waals surface area contributed by atoms with Gasteiger partial charge in [0.1, 0.15) is 0 Å². The van der Waals surface area contributed by atoms with E-state index in [9.17, 15) is 4.79 Å². The van der Waals surface area contributed by atoms with E-state index in [1.54, 1.807) is 36.5 Å². The lowest BCUT2D eigenvalue weighted by atomic mass is 10.2. The molecule has 0 spiro atoms. The van der Waals surface area contributed by atoms with Gasteiger partial charge in [-0.3, -0.25) is 4.89 Å². The van der Waals surface area contributed by atoms with Crippen molar-refractivity contribution in [1.29, 1.82) is 0 Å². The van der Waals surface area contributed by atoms with Crippen LogP contribution in [0.3, 0.4) is 0 Å². The zero-order valence-electron chi connectivity index (χ0n) is 8.14. The smallest absolute Gasteiger partial charge is 0.329 e. The molecule has 0 aliphatic carbocycles. The van der Waals surface area contributed by atoms with E-state index in [0.717, 1.165) is 0 Å². The molecule has 0 fully saturated rings. The maximum Gasteiger partial charge on any atom is 0.386 e. The van der Waals surface area contributed by atoms with Crippen LogP contribution in [0.1, 0.15) is 10.4 Å². The summed E-state index contributed by atoms with van der Waals surface area (Å²) in [4.78, 5) is 23.6. The second kappa shape index (κ2) is 4.72. The molecule has 0 radical (unpaired) electrons. The minimum absolute atomic E-state index is 0.332. The number of hydrogen-bond donors (Lipinski definition) is 1. The second-order valence-electron chi connectivity index (χ2n) is 3.00. The zero-order valence-corrected chi connectivity index (χ0v) is 8.90. The molecule has 0 amide bonds. The van der Waals surface area contributed by atoms with E-state index in [1.807, 2.05) is 0 Å². The van der Waals surface area contributed by atoms with E-state index in [-0.39, 0.29) is 0 Å². The molecule has 1 heterocycles. The summed E-state index contributed by atoms with van der Waals surface area (Å²) >= 11 is 5.73. The summed E-state index contributed by atoms with van der Waals surface area (Å²) in [5.74, 6) is -0.243. The van der Waals surface area contributed by atoms with Crippen molar-refractivity contribution in [3.05, 3.63) is 53.2 Å². The Morgan fingerprint density at radius 3 is 2.81 bits per heavy atom. The van der Waals surface area contributed by atoms with E-state index in [1.165, 1.54) is 6.07 Å². The third-order valence-corrected chi connectivity index (χ3v) is 2.07. The Morgan fingerprint density at radius 2 is 2.12 bits per heavy atom. The van der Waals surface area contributed by atoms with Crippen LogP contribution >= 0.6 is 11.6 Å². The quantitative estimate of drug-likeness (QED) is 0.660. The number of hydrogen-bond acceptors (Lipinski definition) is 3. The Kier molecular flexibility index (Phi) is 3.12. The van der Waals surface area contributed by atoms with E-state index >= 15 is 0 Å². The molecule has 4 nitrogen and oxygen atoms in total. The number of halogens is 1. The van der Waals surface area contributed by atoms with Crippen molar-refractivity contribution in [2.24, 2.45) is 0 Å². The Hall–Kier alpha value is -1.94. The van der Waals surface area contributed by atoms with Crippen LogP contribution < -0.4 is 4.89 Å². The van der Waals surface area contributed by atoms with E-state index < -0.39 is 5.97 Å². The standard InChI is InChI=1S/C11H8ClNO3/c12-9-4-1-3-8(7-9)11(14)16-15-10-5-2-6-13-10/h1-7,13H. The zero-order chi connectivity index (χ0) is 11.4. The fraction of sp³-hybridized carbons (Fsp3) is 0. The van der Waals surface area contributed by atoms with Crippen LogP contribution in [-0.2, 0) is 4.89 Å². The number of carbonyl (C=O) groups excluding carboxylic acids is 1. The summed E-state index contributed by atoms with van der Waals surface area (Å²) in [5.41, 5.74) is 0.332. The van der Waals surface area contributed by atoms with Gasteiger partial charge < -0.3 is 4.98 Å². The molecule has 5 heteroatoms. The largest absolute Gasteiger partial charge is 0.386 e. The topological polar surface area (TPSA) is 51.3 Å². The summed E-state index contributed by atoms with van der Waals surface area (Å²) in [6, 6.07) is 9.78. The van der Waals surface area contributed by atoms with Crippen LogP contribution in [0.15, 0.2) is 42.6 Å². The van der Waals surface area contributed by atoms with Crippen LogP contribution in [0, 0.1) is 0 Å². The molecule has 0 unspecified atom stereocenters. The lowest BCUT2D eigenvalue weighted by molar-refractivity contribution is -0.152. The van der Waals surface area contributed by atoms with Gasteiger partial charge in [0.15, 0.2) is 0 Å². The monoisotopic (exact) mass is 237 g/mol. The van der Waals surface area contributed by atoms with Gasteiger partial charge in [-0.2, -0.15) is 0 Å². The van der Waals surface area contributed by atoms with Crippen molar-refractivity contribution in [1.82, 2.24) is 4.98 Å². The predicted molar refractivity (Wildman–Crippen MR) is 58.3 cm³/mol. The number of rotatable bonds is 3. The van der Waals surface area contributed by atoms with Crippen LogP contribution in [0.2, 0.25) is 5.02 Å². The summed E-state index contributed by atoms with van der Waals surface area (Å²) in [5, 5.41) is 0.467. The van der Waals surface area contributed by atoms with Gasteiger partial charge in [-0.1, -0.05) is 17.7 Å². The van der Waals surface area contributed by atoms with Crippen molar-refractivity contribution in [2.75, 3.05) is 0 Å². The molecule has 0 saturated carbocycles. The van der Waals surface area contributed by atoms with Crippen LogP contribution in [-0.4, -0.2) is 11.0 Å². The van der Waals surface area contributed by atoms with Gasteiger partial charge in [0.2, 0.25) is 5.88 Å². The predicted octanol–water partition coefficient (Wildman–Crippen LogP) is 2.82. The van der Waals surface area contributed by atoms with Crippen molar-refractivity contribution in [2.45, 2.75) is 0 Å². The van der Waals surface area contributed by atoms with Crippen LogP contribution in [0.5, 0.6) is 5.88 Å². The average Bonchev–Trinajstić information content (AvgIpc) is 2.78. The molecule has 1 aromatic carbocycles. The fourth-order valence-corrected chi connectivity index (χ4v) is 1.30. The van der Waals surface area contributed by atoms with Gasteiger partial charge in [-0.25, -0.2) is 9.68 Å². The molecule has 1 N–H and O–H groups in total. The first-order valence-corrected chi connectivity index (χ1v) is 4.91. The van der Waals surface area contributed by atoms with Gasteiger partial charge in [-0.05, 0) is 24.3 Å². The first-order chi connectivity index (χ1) is 7.75. The molecule has 0 aliphatic heterocycles. The molecule has 0 bridgehead atoms. The van der Waals surface area contributed by atoms with E-state index in [0.29, 0.717) is 16.5 Å². The normalized spacial score (nSPS) is 9.81. The molecule has 1 aromatic heterocycles. The van der Waals surface area contributed by atoms with E-state index in [2.05, 4.69) is 9.87 Å². The van der Waals surface area contributed by atoms with Gasteiger partial charge in [0.05, 0.1) is 5.56 Å². The van der Waals surface area contributed by atoms with Gasteiger partial charge in [0.25, 0.3) is 0 Å². The number of carbonyl (C=O) groups is 1. The lowest BCUT2D eigenvalue weighted by Gasteiger charge is -2.02. The maximum atomic E-state index is 11.5. The van der Waals surface area contributed by atoms with Crippen molar-refractivity contribution in [3.63, 3.8) is 0 Å². The van der Waals surface area contributed by atoms with Crippen molar-refractivity contribution < 1.29 is 14.6 Å². The Labute approximate surface area is 96.7 Å². The molecular weight excluding hydrogens is 230 g/mol. The van der Waals surface area contributed by atoms with Crippen molar-refractivity contribution in [3.8, 4) is 5.88 Å². The summed E-state index contributed by atoms with van der Waals surface area (Å²) in [6.07, 6.45) is 1.66. The highest BCUT2D eigenvalue weighted by Crippen LogP contribution is 2.12. The molecule has 0 saturated heterocycles. The number of benzene rings is 1. The minimum Gasteiger partial charge on any atom is -0.329 e. The van der Waals surface area contributed by atoms with Gasteiger partial charge in [-0.15, -0.1) is 0 Å². The van der Waals surface area contributed by atoms with Gasteiger partial charge >= 0.3 is 5.97 Å². The number of nitrogens with one attached hydrogen (secondary N) is 1. The molecule has 0 atom stereocenters. The lowest BCUT2D eigenvalue weighted by Crippen LogP contribution is -2.08. The Morgan fingerprint density at radius 1 is 1.25 bits per heavy atom. The SMILES string of the molecule is O=C(OOc1ccc[nH]1)c1cccc(Cl)c1. The summed E-state index contributed by atoms with van der Waals surface area (Å²) < 4.78 is 0. The van der Waals surface area contributed by atoms with Crippen LogP contribution in [0.4, 0.5) is 0 Å². The molecule has 16 heavy (non-hydrogen) atoms. The van der Waals surface area contributed by atoms with Gasteiger partial charge in [0, 0.05) is 17.3 Å². The number of aromatic nitrogens is 1. The van der Waals surface area contributed by atoms with Crippen molar-refractivity contribution >= 4 is 17.6 Å². The molecular formula is C11H8ClNO3. The third-order valence-electron chi connectivity index (χ3n) is 1.84. The number of aromatic amines is 1. The second-order valence-corrected chi connectivity index (χ2v) is 3.44. The minimum atomic E-state index is -0.600. The highest BCUT2D eigenvalue weighted by molar-refractivity contribution is 6.30. The number of H-pyrrole nitrogens is 1. The highest BCUT2D eigenvalue weighted by Gasteiger charge is 2.09. The first kappa shape index (κ1) is 10.6. The average molecular weight is 238 g/mol. The Bertz CT molecular complexity index is 482. The Balaban J connectivity index is 1.98. The highest BCUT2D eigenvalue weighted by atomic mass is 35.5.